The van der Waals surface area contributed by atoms with E-state index in [0.717, 1.165) is 30.8 Å². The van der Waals surface area contributed by atoms with Gasteiger partial charge in [-0.1, -0.05) is 17.7 Å². The standard InChI is InChI=1S/C8H9N3S.C7H8O3S/c1-11-3-2-6-7(5-11)12-8(4-9)10-6;1-6-2-4-7(5-3-6)11(8,9)10/h2-3,5H2,1H3;2-5H,1H3,(H,8,9,10). The molecule has 1 aromatic heterocycles. The molecule has 1 aromatic carbocycles. The van der Waals surface area contributed by atoms with Gasteiger partial charge in [0, 0.05) is 24.4 Å². The van der Waals surface area contributed by atoms with Crippen molar-refractivity contribution in [1.29, 1.82) is 5.26 Å². The monoisotopic (exact) mass is 351 g/mol. The molecule has 8 heteroatoms. The van der Waals surface area contributed by atoms with E-state index in [9.17, 15) is 8.42 Å². The summed E-state index contributed by atoms with van der Waals surface area (Å²) in [7, 11) is -1.93. The number of aromatic nitrogens is 1. The van der Waals surface area contributed by atoms with E-state index < -0.39 is 10.1 Å². The fraction of sp³-hybridized carbons (Fsp3) is 0.333. The molecule has 0 bridgehead atoms. The first-order valence-corrected chi connectivity index (χ1v) is 9.16. The third kappa shape index (κ3) is 4.84. The van der Waals surface area contributed by atoms with Gasteiger partial charge in [0.2, 0.25) is 0 Å². The average Bonchev–Trinajstić information content (AvgIpc) is 2.89. The van der Waals surface area contributed by atoms with Crippen LogP contribution in [-0.2, 0) is 23.1 Å². The zero-order valence-electron chi connectivity index (χ0n) is 12.9. The highest BCUT2D eigenvalue weighted by Crippen LogP contribution is 2.23. The normalized spacial score (nSPS) is 14.3. The minimum atomic E-state index is -4.02. The Morgan fingerprint density at radius 2 is 2.00 bits per heavy atom. The van der Waals surface area contributed by atoms with Crippen LogP contribution in [0.15, 0.2) is 29.2 Å². The third-order valence-corrected chi connectivity index (χ3v) is 5.19. The van der Waals surface area contributed by atoms with Gasteiger partial charge in [-0.05, 0) is 26.1 Å². The Kier molecular flexibility index (Phi) is 5.49. The maximum absolute atomic E-state index is 10.5. The third-order valence-electron chi connectivity index (χ3n) is 3.34. The van der Waals surface area contributed by atoms with Crippen LogP contribution in [0.5, 0.6) is 0 Å². The van der Waals surface area contributed by atoms with Gasteiger partial charge in [-0.25, -0.2) is 4.98 Å². The number of hydrogen-bond donors (Lipinski definition) is 1. The van der Waals surface area contributed by atoms with Crippen LogP contribution in [0.2, 0.25) is 0 Å². The van der Waals surface area contributed by atoms with E-state index in [1.54, 1.807) is 12.1 Å². The van der Waals surface area contributed by atoms with Gasteiger partial charge in [0.25, 0.3) is 10.1 Å². The van der Waals surface area contributed by atoms with Crippen LogP contribution in [0.3, 0.4) is 0 Å². The SMILES string of the molecule is CN1CCc2nc(C#N)sc2C1.Cc1ccc(S(=O)(=O)O)cc1. The van der Waals surface area contributed by atoms with Crippen LogP contribution >= 0.6 is 11.3 Å². The molecule has 0 unspecified atom stereocenters. The lowest BCUT2D eigenvalue weighted by molar-refractivity contribution is 0.314. The summed E-state index contributed by atoms with van der Waals surface area (Å²) in [5, 5.41) is 9.24. The molecule has 0 saturated carbocycles. The van der Waals surface area contributed by atoms with Crippen LogP contribution < -0.4 is 0 Å². The fourth-order valence-electron chi connectivity index (χ4n) is 2.08. The Hall–Kier alpha value is -1.79. The smallest absolute Gasteiger partial charge is 0.294 e. The number of fused-ring (bicyclic) bond motifs is 1. The molecule has 6 nitrogen and oxygen atoms in total. The first kappa shape index (κ1) is 17.6. The molecular formula is C15H17N3O3S2. The Bertz CT molecular complexity index is 821. The maximum atomic E-state index is 10.5. The van der Waals surface area contributed by atoms with E-state index in [-0.39, 0.29) is 4.90 Å². The van der Waals surface area contributed by atoms with E-state index in [0.29, 0.717) is 5.01 Å². The Morgan fingerprint density at radius 1 is 1.35 bits per heavy atom. The van der Waals surface area contributed by atoms with Crippen molar-refractivity contribution in [1.82, 2.24) is 9.88 Å². The maximum Gasteiger partial charge on any atom is 0.294 e. The van der Waals surface area contributed by atoms with Crippen LogP contribution in [-0.4, -0.2) is 36.4 Å². The predicted octanol–water partition coefficient (Wildman–Crippen LogP) is 2.24. The second-order valence-electron chi connectivity index (χ2n) is 5.28. The first-order valence-electron chi connectivity index (χ1n) is 6.91. The van der Waals surface area contributed by atoms with Crippen LogP contribution in [0.4, 0.5) is 0 Å². The quantitative estimate of drug-likeness (QED) is 0.792. The second kappa shape index (κ2) is 7.19. The number of thiazole rings is 1. The Balaban J connectivity index is 0.000000168. The molecule has 1 aliphatic rings. The number of nitrogens with zero attached hydrogens (tertiary/aromatic N) is 3. The number of rotatable bonds is 1. The summed E-state index contributed by atoms with van der Waals surface area (Å²) in [6.07, 6.45) is 0.990. The molecule has 1 N–H and O–H groups in total. The molecule has 3 rings (SSSR count). The highest BCUT2D eigenvalue weighted by Gasteiger charge is 2.17. The number of aryl methyl sites for hydroxylation is 1. The van der Waals surface area contributed by atoms with E-state index in [4.69, 9.17) is 9.81 Å². The largest absolute Gasteiger partial charge is 0.301 e. The van der Waals surface area contributed by atoms with Gasteiger partial charge in [0.05, 0.1) is 10.6 Å². The molecule has 1 aliphatic heterocycles. The predicted molar refractivity (Wildman–Crippen MR) is 87.9 cm³/mol. The van der Waals surface area contributed by atoms with Gasteiger partial charge in [-0.3, -0.25) is 4.55 Å². The van der Waals surface area contributed by atoms with Gasteiger partial charge < -0.3 is 4.90 Å². The van der Waals surface area contributed by atoms with Crippen molar-refractivity contribution in [3.63, 3.8) is 0 Å². The molecule has 2 aromatic rings. The van der Waals surface area contributed by atoms with Crippen molar-refractivity contribution >= 4 is 21.5 Å². The summed E-state index contributed by atoms with van der Waals surface area (Å²) in [5.74, 6) is 0. The van der Waals surface area contributed by atoms with Crippen molar-refractivity contribution in [2.75, 3.05) is 13.6 Å². The zero-order valence-corrected chi connectivity index (χ0v) is 14.5. The summed E-state index contributed by atoms with van der Waals surface area (Å²) in [6.45, 7) is 3.85. The molecule has 122 valence electrons. The highest BCUT2D eigenvalue weighted by molar-refractivity contribution is 7.85. The summed E-state index contributed by atoms with van der Waals surface area (Å²) >= 11 is 1.53. The van der Waals surface area contributed by atoms with E-state index in [1.807, 2.05) is 6.92 Å². The minimum Gasteiger partial charge on any atom is -0.301 e. The topological polar surface area (TPSA) is 94.3 Å². The molecule has 0 amide bonds. The van der Waals surface area contributed by atoms with E-state index in [2.05, 4.69) is 23.0 Å². The lowest BCUT2D eigenvalue weighted by Gasteiger charge is -2.20. The highest BCUT2D eigenvalue weighted by atomic mass is 32.2. The van der Waals surface area contributed by atoms with E-state index >= 15 is 0 Å². The Labute approximate surface area is 139 Å². The summed E-state index contributed by atoms with van der Waals surface area (Å²) in [5.41, 5.74) is 2.09. The van der Waals surface area contributed by atoms with Crippen molar-refractivity contribution in [3.8, 4) is 6.07 Å². The van der Waals surface area contributed by atoms with Crippen LogP contribution in [0.25, 0.3) is 0 Å². The van der Waals surface area contributed by atoms with Crippen molar-refractivity contribution in [2.45, 2.75) is 24.8 Å². The number of likely N-dealkylation sites (N-methyl/N-ethyl adjacent to an activating group) is 1. The molecule has 0 radical (unpaired) electrons. The van der Waals surface area contributed by atoms with Gasteiger partial charge in [-0.2, -0.15) is 13.7 Å². The summed E-state index contributed by atoms with van der Waals surface area (Å²) in [6, 6.07) is 8.08. The fourth-order valence-corrected chi connectivity index (χ4v) is 3.55. The molecule has 0 fully saturated rings. The average molecular weight is 351 g/mol. The number of benzene rings is 1. The molecule has 0 saturated heterocycles. The molecular weight excluding hydrogens is 334 g/mol. The van der Waals surface area contributed by atoms with Crippen molar-refractivity contribution < 1.29 is 13.0 Å². The van der Waals surface area contributed by atoms with Gasteiger partial charge in [-0.15, -0.1) is 11.3 Å². The van der Waals surface area contributed by atoms with Gasteiger partial charge in [0.1, 0.15) is 6.07 Å². The lowest BCUT2D eigenvalue weighted by Crippen LogP contribution is -2.25. The number of nitriles is 1. The first-order chi connectivity index (χ1) is 10.8. The molecule has 23 heavy (non-hydrogen) atoms. The van der Waals surface area contributed by atoms with Crippen molar-refractivity contribution in [2.24, 2.45) is 0 Å². The molecule has 2 heterocycles. The summed E-state index contributed by atoms with van der Waals surface area (Å²) in [4.78, 5) is 7.68. The van der Waals surface area contributed by atoms with Crippen LogP contribution in [0.1, 0.15) is 21.1 Å². The van der Waals surface area contributed by atoms with Crippen molar-refractivity contribution in [3.05, 3.63) is 45.4 Å². The lowest BCUT2D eigenvalue weighted by atomic mass is 10.2. The molecule has 0 spiro atoms. The molecule has 0 aliphatic carbocycles. The number of hydrogen-bond acceptors (Lipinski definition) is 6. The zero-order chi connectivity index (χ0) is 17.0. The van der Waals surface area contributed by atoms with Gasteiger partial charge >= 0.3 is 0 Å². The molecule has 0 atom stereocenters. The van der Waals surface area contributed by atoms with Gasteiger partial charge in [0.15, 0.2) is 5.01 Å². The summed E-state index contributed by atoms with van der Waals surface area (Å²) < 4.78 is 29.6. The van der Waals surface area contributed by atoms with E-state index in [1.165, 1.54) is 28.3 Å². The Morgan fingerprint density at radius 3 is 2.57 bits per heavy atom. The second-order valence-corrected chi connectivity index (χ2v) is 7.78. The van der Waals surface area contributed by atoms with Crippen LogP contribution in [0, 0.1) is 18.3 Å². The minimum absolute atomic E-state index is 0.0666.